The normalized spacial score (nSPS) is 9.87. The van der Waals surface area contributed by atoms with E-state index >= 15 is 0 Å². The highest BCUT2D eigenvalue weighted by molar-refractivity contribution is 5.15. The van der Waals surface area contributed by atoms with Gasteiger partial charge in [0.15, 0.2) is 0 Å². The number of halogens is 1. The third-order valence-electron chi connectivity index (χ3n) is 1.04. The fraction of sp³-hybridized carbons (Fsp3) is 0.571. The summed E-state index contributed by atoms with van der Waals surface area (Å²) < 4.78 is 12.3. The van der Waals surface area contributed by atoms with Gasteiger partial charge in [-0.1, -0.05) is 66.2 Å². The molecule has 0 atom stereocenters. The van der Waals surface area contributed by atoms with Crippen molar-refractivity contribution in [2.75, 3.05) is 0 Å². The molecule has 0 aliphatic carbocycles. The summed E-state index contributed by atoms with van der Waals surface area (Å²) >= 11 is 0. The molecular weight excluding hydrogens is 187 g/mol. The molecule has 0 nitrogen and oxygen atoms in total. The van der Waals surface area contributed by atoms with Crippen LogP contribution in [0, 0.1) is 0 Å². The molecule has 90 valence electrons. The van der Waals surface area contributed by atoms with Crippen LogP contribution in [0.3, 0.4) is 0 Å². The predicted octanol–water partition coefficient (Wildman–Crippen LogP) is 5.82. The van der Waals surface area contributed by atoms with E-state index in [-0.39, 0.29) is 5.83 Å². The topological polar surface area (TPSA) is 0 Å². The van der Waals surface area contributed by atoms with Crippen molar-refractivity contribution in [3.63, 3.8) is 0 Å². The van der Waals surface area contributed by atoms with Crippen LogP contribution in [0.25, 0.3) is 0 Å². The minimum Gasteiger partial charge on any atom is -0.207 e. The van der Waals surface area contributed by atoms with Crippen LogP contribution in [0.4, 0.5) is 4.39 Å². The second-order valence-electron chi connectivity index (χ2n) is 2.68. The summed E-state index contributed by atoms with van der Waals surface area (Å²) in [6.45, 7) is 13.6. The van der Waals surface area contributed by atoms with Gasteiger partial charge in [0, 0.05) is 0 Å². The Bertz CT molecular complexity index is 155. The lowest BCUT2D eigenvalue weighted by Gasteiger charge is -1.81. The van der Waals surface area contributed by atoms with Crippen LogP contribution in [-0.4, -0.2) is 0 Å². The fourth-order valence-electron chi connectivity index (χ4n) is 0.491. The second-order valence-corrected chi connectivity index (χ2v) is 2.68. The molecule has 0 aromatic rings. The van der Waals surface area contributed by atoms with E-state index in [9.17, 15) is 4.39 Å². The first kappa shape index (κ1) is 19.7. The van der Waals surface area contributed by atoms with E-state index in [1.165, 1.54) is 18.6 Å². The maximum atomic E-state index is 12.3. The monoisotopic (exact) mass is 214 g/mol. The summed E-state index contributed by atoms with van der Waals surface area (Å²) in [5, 5.41) is 0. The molecule has 0 aromatic heterocycles. The summed E-state index contributed by atoms with van der Waals surface area (Å²) in [7, 11) is 0. The zero-order valence-corrected chi connectivity index (χ0v) is 11.0. The number of hydrogen-bond donors (Lipinski definition) is 0. The van der Waals surface area contributed by atoms with Crippen molar-refractivity contribution in [1.29, 1.82) is 0 Å². The first-order valence-corrected chi connectivity index (χ1v) is 5.87. The number of rotatable bonds is 4. The maximum Gasteiger partial charge on any atom is 0.122 e. The van der Waals surface area contributed by atoms with Gasteiger partial charge in [0.25, 0.3) is 0 Å². The average Bonchev–Trinajstić information content (AvgIpc) is 2.28. The van der Waals surface area contributed by atoms with Crippen LogP contribution >= 0.6 is 0 Å². The Kier molecular flexibility index (Phi) is 30.4. The quantitative estimate of drug-likeness (QED) is 0.517. The van der Waals surface area contributed by atoms with Gasteiger partial charge in [-0.15, -0.1) is 0 Å². The van der Waals surface area contributed by atoms with Gasteiger partial charge in [0.05, 0.1) is 0 Å². The number of hydrogen-bond acceptors (Lipinski definition) is 0. The van der Waals surface area contributed by atoms with Crippen molar-refractivity contribution in [2.24, 2.45) is 0 Å². The van der Waals surface area contributed by atoms with E-state index in [0.29, 0.717) is 0 Å². The molecule has 0 bridgehead atoms. The smallest absolute Gasteiger partial charge is 0.122 e. The Morgan fingerprint density at radius 1 is 1.20 bits per heavy atom. The molecule has 0 rings (SSSR count). The molecule has 0 amide bonds. The minimum atomic E-state index is -0.285. The van der Waals surface area contributed by atoms with E-state index < -0.39 is 0 Å². The molecule has 0 aliphatic rings. The highest BCUT2D eigenvalue weighted by Gasteiger charge is 1.78. The molecule has 0 heterocycles. The lowest BCUT2D eigenvalue weighted by atomic mass is 10.3. The van der Waals surface area contributed by atoms with Crippen LogP contribution in [-0.2, 0) is 0 Å². The van der Waals surface area contributed by atoms with Crippen LogP contribution in [0.2, 0.25) is 0 Å². The van der Waals surface area contributed by atoms with Gasteiger partial charge in [0.1, 0.15) is 5.83 Å². The lowest BCUT2D eigenvalue weighted by Crippen LogP contribution is -1.62. The van der Waals surface area contributed by atoms with Gasteiger partial charge in [-0.3, -0.25) is 0 Å². The zero-order valence-electron chi connectivity index (χ0n) is 11.0. The Balaban J connectivity index is -0.000000245. The largest absolute Gasteiger partial charge is 0.207 e. The van der Waals surface area contributed by atoms with Crippen molar-refractivity contribution in [3.05, 3.63) is 36.7 Å². The standard InChI is InChI=1S/C9H13F.C3H8.C2H6/c1-3-5-6-7-8-9(10)4-2;1-3-2;1-2/h4,6-8H,2-3,5H2,1H3;3H2,1-2H3;1-2H3/b7-6+,9-8+;;. The maximum absolute atomic E-state index is 12.3. The minimum absolute atomic E-state index is 0.285. The third kappa shape index (κ3) is 32.0. The Morgan fingerprint density at radius 2 is 1.67 bits per heavy atom. The van der Waals surface area contributed by atoms with Gasteiger partial charge >= 0.3 is 0 Å². The highest BCUT2D eigenvalue weighted by Crippen LogP contribution is 1.97. The van der Waals surface area contributed by atoms with Gasteiger partial charge in [-0.2, -0.15) is 0 Å². The molecule has 0 unspecified atom stereocenters. The van der Waals surface area contributed by atoms with Crippen molar-refractivity contribution in [3.8, 4) is 0 Å². The third-order valence-corrected chi connectivity index (χ3v) is 1.04. The molecular formula is C14H27F. The molecule has 15 heavy (non-hydrogen) atoms. The van der Waals surface area contributed by atoms with E-state index in [1.54, 1.807) is 6.08 Å². The predicted molar refractivity (Wildman–Crippen MR) is 70.7 cm³/mol. The summed E-state index contributed by atoms with van der Waals surface area (Å²) in [5.74, 6) is -0.285. The molecule has 0 radical (unpaired) electrons. The first-order chi connectivity index (χ1) is 7.22. The van der Waals surface area contributed by atoms with Crippen LogP contribution in [0.15, 0.2) is 36.7 Å². The van der Waals surface area contributed by atoms with Crippen LogP contribution in [0.5, 0.6) is 0 Å². The first-order valence-electron chi connectivity index (χ1n) is 5.87. The molecule has 0 saturated carbocycles. The fourth-order valence-corrected chi connectivity index (χ4v) is 0.491. The molecule has 0 saturated heterocycles. The SMILES string of the molecule is C=C/C(F)=C\C=C\CCC.CC.CCC. The van der Waals surface area contributed by atoms with E-state index in [2.05, 4.69) is 27.4 Å². The van der Waals surface area contributed by atoms with E-state index in [0.717, 1.165) is 12.8 Å². The summed E-state index contributed by atoms with van der Waals surface area (Å²) in [5.41, 5.74) is 0. The van der Waals surface area contributed by atoms with Crippen molar-refractivity contribution >= 4 is 0 Å². The van der Waals surface area contributed by atoms with E-state index in [4.69, 9.17) is 0 Å². The molecule has 0 spiro atoms. The van der Waals surface area contributed by atoms with Gasteiger partial charge < -0.3 is 0 Å². The van der Waals surface area contributed by atoms with Crippen molar-refractivity contribution < 1.29 is 4.39 Å². The second kappa shape index (κ2) is 23.2. The summed E-state index contributed by atoms with van der Waals surface area (Å²) in [6, 6.07) is 0. The van der Waals surface area contributed by atoms with Crippen LogP contribution in [0.1, 0.15) is 53.9 Å². The van der Waals surface area contributed by atoms with E-state index in [1.807, 2.05) is 19.9 Å². The molecule has 0 N–H and O–H groups in total. The summed E-state index contributed by atoms with van der Waals surface area (Å²) in [4.78, 5) is 0. The van der Waals surface area contributed by atoms with Crippen molar-refractivity contribution in [1.82, 2.24) is 0 Å². The zero-order chi connectivity index (χ0) is 12.5. The molecule has 0 aliphatic heterocycles. The van der Waals surface area contributed by atoms with Gasteiger partial charge in [0.2, 0.25) is 0 Å². The van der Waals surface area contributed by atoms with Crippen LogP contribution < -0.4 is 0 Å². The van der Waals surface area contributed by atoms with Gasteiger partial charge in [-0.05, 0) is 18.6 Å². The number of allylic oxidation sites excluding steroid dienone is 5. The Morgan fingerprint density at radius 3 is 2.00 bits per heavy atom. The number of unbranched alkanes of at least 4 members (excludes halogenated alkanes) is 1. The van der Waals surface area contributed by atoms with Crippen molar-refractivity contribution in [2.45, 2.75) is 53.9 Å². The molecule has 0 aromatic carbocycles. The average molecular weight is 214 g/mol. The Hall–Kier alpha value is -0.850. The molecule has 1 heteroatoms. The van der Waals surface area contributed by atoms with Gasteiger partial charge in [-0.25, -0.2) is 4.39 Å². The molecule has 0 fully saturated rings. The lowest BCUT2D eigenvalue weighted by molar-refractivity contribution is 0.668. The highest BCUT2D eigenvalue weighted by atomic mass is 19.1. The summed E-state index contributed by atoms with van der Waals surface area (Å²) in [6.07, 6.45) is 9.59. The Labute approximate surface area is 95.6 Å².